The molecule has 0 aromatic heterocycles. The predicted octanol–water partition coefficient (Wildman–Crippen LogP) is 2.86. The van der Waals surface area contributed by atoms with E-state index in [2.05, 4.69) is 6.07 Å². The third-order valence-electron chi connectivity index (χ3n) is 4.07. The Kier molecular flexibility index (Phi) is 6.69. The molecule has 0 unspecified atom stereocenters. The van der Waals surface area contributed by atoms with Crippen molar-refractivity contribution in [1.82, 2.24) is 4.90 Å². The van der Waals surface area contributed by atoms with Crippen LogP contribution in [0.2, 0.25) is 0 Å². The second-order valence-corrected chi connectivity index (χ2v) is 7.55. The average Bonchev–Trinajstić information content (AvgIpc) is 2.61. The van der Waals surface area contributed by atoms with Gasteiger partial charge in [-0.05, 0) is 37.1 Å². The Balaban J connectivity index is 1.97. The van der Waals surface area contributed by atoms with Gasteiger partial charge in [0.1, 0.15) is 0 Å². The van der Waals surface area contributed by atoms with Crippen molar-refractivity contribution in [3.05, 3.63) is 64.7 Å². The van der Waals surface area contributed by atoms with E-state index in [1.165, 1.54) is 16.7 Å². The van der Waals surface area contributed by atoms with Gasteiger partial charge in [0.05, 0.1) is 21.3 Å². The zero-order valence-corrected chi connectivity index (χ0v) is 16.3. The minimum absolute atomic E-state index is 0.221. The van der Waals surface area contributed by atoms with E-state index in [0.29, 0.717) is 11.4 Å². The second kappa shape index (κ2) is 8.76. The Bertz CT molecular complexity index is 847. The molecular formula is C20H23NO4S. The Labute approximate surface area is 156 Å². The summed E-state index contributed by atoms with van der Waals surface area (Å²) in [6.07, 6.45) is 1.49. The molecule has 0 aliphatic rings. The van der Waals surface area contributed by atoms with E-state index in [0.717, 1.165) is 11.1 Å². The summed E-state index contributed by atoms with van der Waals surface area (Å²) in [6, 6.07) is 12.6. The van der Waals surface area contributed by atoms with Gasteiger partial charge in [0.15, 0.2) is 6.61 Å². The van der Waals surface area contributed by atoms with E-state index >= 15 is 0 Å². The van der Waals surface area contributed by atoms with Gasteiger partial charge in [-0.3, -0.25) is 9.00 Å². The summed E-state index contributed by atoms with van der Waals surface area (Å²) in [6.45, 7) is 4.11. The molecular weight excluding hydrogens is 350 g/mol. The van der Waals surface area contributed by atoms with Gasteiger partial charge in [0.25, 0.3) is 5.91 Å². The molecule has 0 aliphatic heterocycles. The molecule has 0 heterocycles. The maximum absolute atomic E-state index is 12.3. The fraction of sp³-hybridized carbons (Fsp3) is 0.300. The molecule has 0 aliphatic carbocycles. The molecule has 2 rings (SSSR count). The lowest BCUT2D eigenvalue weighted by Crippen LogP contribution is -2.31. The number of ether oxygens (including phenoxy) is 1. The number of hydrogen-bond donors (Lipinski definition) is 0. The zero-order valence-electron chi connectivity index (χ0n) is 15.4. The van der Waals surface area contributed by atoms with Crippen LogP contribution in [0.5, 0.6) is 0 Å². The third-order valence-corrected chi connectivity index (χ3v) is 5.05. The standard InChI is InChI=1S/C20H23NO4S/c1-14-9-10-16(15(2)11-14)12-21(3)19(22)13-25-20(23)17-7-5-6-8-18(17)26(4)24/h5-11H,12-13H2,1-4H3/t26-/m1/s1. The Morgan fingerprint density at radius 3 is 2.46 bits per heavy atom. The van der Waals surface area contributed by atoms with Crippen molar-refractivity contribution in [3.8, 4) is 0 Å². The molecule has 2 aromatic rings. The molecule has 0 radical (unpaired) electrons. The average molecular weight is 373 g/mol. The summed E-state index contributed by atoms with van der Waals surface area (Å²) in [7, 11) is 0.360. The van der Waals surface area contributed by atoms with Gasteiger partial charge in [-0.1, -0.05) is 35.9 Å². The lowest BCUT2D eigenvalue weighted by molar-refractivity contribution is -0.133. The number of carbonyl (C=O) groups excluding carboxylic acids is 2. The highest BCUT2D eigenvalue weighted by Gasteiger charge is 2.18. The van der Waals surface area contributed by atoms with E-state index in [1.807, 2.05) is 26.0 Å². The van der Waals surface area contributed by atoms with E-state index in [4.69, 9.17) is 4.74 Å². The molecule has 2 aromatic carbocycles. The Morgan fingerprint density at radius 2 is 1.81 bits per heavy atom. The van der Waals surface area contributed by atoms with Gasteiger partial charge in [-0.15, -0.1) is 0 Å². The first-order valence-electron chi connectivity index (χ1n) is 8.19. The summed E-state index contributed by atoms with van der Waals surface area (Å²) >= 11 is 0. The van der Waals surface area contributed by atoms with Crippen molar-refractivity contribution in [1.29, 1.82) is 0 Å². The third kappa shape index (κ3) is 5.02. The highest BCUT2D eigenvalue weighted by molar-refractivity contribution is 7.84. The number of carbonyl (C=O) groups is 2. The SMILES string of the molecule is Cc1ccc(CN(C)C(=O)COC(=O)c2ccccc2[S@@](C)=O)c(C)c1. The Hall–Kier alpha value is -2.47. The van der Waals surface area contributed by atoms with Crippen molar-refractivity contribution < 1.29 is 18.5 Å². The summed E-state index contributed by atoms with van der Waals surface area (Å²) in [5.74, 6) is -0.947. The van der Waals surface area contributed by atoms with E-state index < -0.39 is 16.8 Å². The molecule has 0 fully saturated rings. The monoisotopic (exact) mass is 373 g/mol. The van der Waals surface area contributed by atoms with Crippen LogP contribution in [0.4, 0.5) is 0 Å². The fourth-order valence-electron chi connectivity index (χ4n) is 2.57. The van der Waals surface area contributed by atoms with Gasteiger partial charge >= 0.3 is 5.97 Å². The van der Waals surface area contributed by atoms with Crippen LogP contribution in [0.25, 0.3) is 0 Å². The maximum Gasteiger partial charge on any atom is 0.339 e. The predicted molar refractivity (Wildman–Crippen MR) is 101 cm³/mol. The number of benzene rings is 2. The molecule has 5 nitrogen and oxygen atoms in total. The van der Waals surface area contributed by atoms with E-state index in [-0.39, 0.29) is 18.1 Å². The Morgan fingerprint density at radius 1 is 1.12 bits per heavy atom. The maximum atomic E-state index is 12.3. The summed E-state index contributed by atoms with van der Waals surface area (Å²) in [5, 5.41) is 0. The van der Waals surface area contributed by atoms with Crippen LogP contribution >= 0.6 is 0 Å². The number of rotatable bonds is 6. The minimum atomic E-state index is -1.31. The molecule has 1 atom stereocenters. The van der Waals surface area contributed by atoms with Crippen molar-refractivity contribution in [3.63, 3.8) is 0 Å². The van der Waals surface area contributed by atoms with E-state index in [9.17, 15) is 13.8 Å². The second-order valence-electron chi connectivity index (χ2n) is 6.21. The zero-order chi connectivity index (χ0) is 19.3. The molecule has 138 valence electrons. The lowest BCUT2D eigenvalue weighted by atomic mass is 10.1. The lowest BCUT2D eigenvalue weighted by Gasteiger charge is -2.19. The quantitative estimate of drug-likeness (QED) is 0.731. The number of amides is 1. The number of likely N-dealkylation sites (N-methyl/N-ethyl adjacent to an activating group) is 1. The van der Waals surface area contributed by atoms with Gasteiger partial charge in [0, 0.05) is 19.8 Å². The van der Waals surface area contributed by atoms with Crippen molar-refractivity contribution in [2.45, 2.75) is 25.3 Å². The summed E-state index contributed by atoms with van der Waals surface area (Å²) in [4.78, 5) is 26.4. The molecule has 0 saturated carbocycles. The first-order valence-corrected chi connectivity index (χ1v) is 9.75. The van der Waals surface area contributed by atoms with E-state index in [1.54, 1.807) is 31.3 Å². The van der Waals surface area contributed by atoms with Crippen LogP contribution in [0.1, 0.15) is 27.0 Å². The normalized spacial score (nSPS) is 11.7. The topological polar surface area (TPSA) is 63.7 Å². The molecule has 0 N–H and O–H groups in total. The van der Waals surface area contributed by atoms with Crippen LogP contribution in [-0.4, -0.2) is 40.9 Å². The van der Waals surface area contributed by atoms with Crippen molar-refractivity contribution in [2.24, 2.45) is 0 Å². The highest BCUT2D eigenvalue weighted by atomic mass is 32.2. The smallest absolute Gasteiger partial charge is 0.339 e. The molecule has 26 heavy (non-hydrogen) atoms. The van der Waals surface area contributed by atoms with Gasteiger partial charge < -0.3 is 9.64 Å². The highest BCUT2D eigenvalue weighted by Crippen LogP contribution is 2.15. The fourth-order valence-corrected chi connectivity index (χ4v) is 3.30. The van der Waals surface area contributed by atoms with Gasteiger partial charge in [-0.2, -0.15) is 0 Å². The van der Waals surface area contributed by atoms with Crippen LogP contribution in [0.15, 0.2) is 47.4 Å². The number of aryl methyl sites for hydroxylation is 2. The largest absolute Gasteiger partial charge is 0.452 e. The summed E-state index contributed by atoms with van der Waals surface area (Å²) in [5.41, 5.74) is 3.55. The van der Waals surface area contributed by atoms with Crippen LogP contribution in [0, 0.1) is 13.8 Å². The van der Waals surface area contributed by atoms with Gasteiger partial charge in [0.2, 0.25) is 0 Å². The molecule has 1 amide bonds. The van der Waals surface area contributed by atoms with Crippen molar-refractivity contribution in [2.75, 3.05) is 19.9 Å². The molecule has 6 heteroatoms. The molecule has 0 saturated heterocycles. The number of nitrogens with zero attached hydrogens (tertiary/aromatic N) is 1. The summed E-state index contributed by atoms with van der Waals surface area (Å²) < 4.78 is 16.8. The van der Waals surface area contributed by atoms with Crippen molar-refractivity contribution >= 4 is 22.7 Å². The molecule has 0 bridgehead atoms. The first-order chi connectivity index (χ1) is 12.3. The van der Waals surface area contributed by atoms with Crippen LogP contribution in [-0.2, 0) is 26.9 Å². The number of esters is 1. The van der Waals surface area contributed by atoms with Crippen LogP contribution in [0.3, 0.4) is 0 Å². The first kappa shape index (κ1) is 19.8. The molecule has 0 spiro atoms. The minimum Gasteiger partial charge on any atom is -0.452 e. The van der Waals surface area contributed by atoms with Crippen LogP contribution < -0.4 is 0 Å². The number of hydrogen-bond acceptors (Lipinski definition) is 4. The van der Waals surface area contributed by atoms with Gasteiger partial charge in [-0.25, -0.2) is 4.79 Å².